The first-order valence-corrected chi connectivity index (χ1v) is 8.93. The van der Waals surface area contributed by atoms with Crippen LogP contribution < -0.4 is 5.32 Å². The second-order valence-corrected chi connectivity index (χ2v) is 6.92. The Labute approximate surface area is 166 Å². The zero-order valence-electron chi connectivity index (χ0n) is 15.6. The molecule has 0 saturated heterocycles. The molecule has 2 aromatic heterocycles. The predicted octanol–water partition coefficient (Wildman–Crippen LogP) is 3.46. The topological polar surface area (TPSA) is 91.7 Å². The lowest BCUT2D eigenvalue weighted by Crippen LogP contribution is -2.21. The van der Waals surface area contributed by atoms with E-state index in [9.17, 15) is 4.79 Å². The van der Waals surface area contributed by atoms with Gasteiger partial charge in [0.05, 0.1) is 22.4 Å². The van der Waals surface area contributed by atoms with Gasteiger partial charge in [0.1, 0.15) is 0 Å². The van der Waals surface area contributed by atoms with Gasteiger partial charge in [-0.3, -0.25) is 9.89 Å². The van der Waals surface area contributed by atoms with Crippen LogP contribution in [-0.2, 0) is 7.05 Å². The van der Waals surface area contributed by atoms with E-state index in [2.05, 4.69) is 25.6 Å². The van der Waals surface area contributed by atoms with E-state index in [0.717, 1.165) is 16.5 Å². The minimum atomic E-state index is -0.0728. The molecule has 0 aliphatic heterocycles. The summed E-state index contributed by atoms with van der Waals surface area (Å²) >= 11 is 6.47. The van der Waals surface area contributed by atoms with Crippen LogP contribution in [0, 0.1) is 0 Å². The molecule has 4 aromatic rings. The summed E-state index contributed by atoms with van der Waals surface area (Å²) in [5, 5.41) is 15.9. The zero-order valence-corrected chi connectivity index (χ0v) is 16.3. The molecular weight excluding hydrogens is 378 g/mol. The van der Waals surface area contributed by atoms with Crippen molar-refractivity contribution < 1.29 is 4.79 Å². The lowest BCUT2D eigenvalue weighted by molar-refractivity contribution is 0.0827. The van der Waals surface area contributed by atoms with Gasteiger partial charge in [-0.15, -0.1) is 5.10 Å². The Bertz CT molecular complexity index is 1180. The maximum absolute atomic E-state index is 12.2. The van der Waals surface area contributed by atoms with Crippen molar-refractivity contribution in [2.24, 2.45) is 7.05 Å². The Morgan fingerprint density at radius 2 is 2.07 bits per heavy atom. The number of benzene rings is 2. The number of amides is 1. The molecule has 9 heteroatoms. The number of halogens is 1. The number of fused-ring (bicyclic) bond motifs is 1. The van der Waals surface area contributed by atoms with Crippen molar-refractivity contribution in [3.05, 3.63) is 53.2 Å². The molecule has 0 saturated carbocycles. The summed E-state index contributed by atoms with van der Waals surface area (Å²) in [4.78, 5) is 18.3. The molecule has 142 valence electrons. The number of carbonyl (C=O) groups is 1. The lowest BCUT2D eigenvalue weighted by Gasteiger charge is -2.10. The predicted molar refractivity (Wildman–Crippen MR) is 109 cm³/mol. The van der Waals surface area contributed by atoms with Crippen LogP contribution in [-0.4, -0.2) is 49.9 Å². The van der Waals surface area contributed by atoms with Gasteiger partial charge in [0, 0.05) is 37.7 Å². The normalized spacial score (nSPS) is 11.0. The number of rotatable bonds is 4. The third kappa shape index (κ3) is 3.18. The van der Waals surface area contributed by atoms with E-state index >= 15 is 0 Å². The van der Waals surface area contributed by atoms with Crippen molar-refractivity contribution in [2.75, 3.05) is 19.4 Å². The van der Waals surface area contributed by atoms with E-state index in [1.54, 1.807) is 44.2 Å². The highest BCUT2D eigenvalue weighted by molar-refractivity contribution is 6.38. The Hall–Kier alpha value is -3.39. The van der Waals surface area contributed by atoms with Gasteiger partial charge in [0.25, 0.3) is 5.91 Å². The number of hydrogen-bond donors (Lipinski definition) is 2. The van der Waals surface area contributed by atoms with Gasteiger partial charge in [-0.2, -0.15) is 10.1 Å². The van der Waals surface area contributed by atoms with Crippen LogP contribution in [0.2, 0.25) is 5.02 Å². The molecule has 0 unspecified atom stereocenters. The summed E-state index contributed by atoms with van der Waals surface area (Å²) in [5.74, 6) is 0.972. The minimum Gasteiger partial charge on any atom is -0.345 e. The summed E-state index contributed by atoms with van der Waals surface area (Å²) in [6, 6.07) is 11.0. The van der Waals surface area contributed by atoms with Crippen LogP contribution in [0.4, 0.5) is 11.6 Å². The second kappa shape index (κ2) is 6.97. The molecule has 2 heterocycles. The largest absolute Gasteiger partial charge is 0.345 e. The first kappa shape index (κ1) is 18.0. The molecular formula is C19H18ClN7O. The smallest absolute Gasteiger partial charge is 0.253 e. The molecule has 4 rings (SSSR count). The Kier molecular flexibility index (Phi) is 4.48. The molecule has 28 heavy (non-hydrogen) atoms. The van der Waals surface area contributed by atoms with Gasteiger partial charge in [-0.05, 0) is 24.3 Å². The quantitative estimate of drug-likeness (QED) is 0.552. The van der Waals surface area contributed by atoms with Crippen LogP contribution in [0.5, 0.6) is 0 Å². The minimum absolute atomic E-state index is 0.0728. The van der Waals surface area contributed by atoms with Gasteiger partial charge in [-0.1, -0.05) is 23.7 Å². The fourth-order valence-electron chi connectivity index (χ4n) is 2.87. The number of hydrogen-bond acceptors (Lipinski definition) is 5. The van der Waals surface area contributed by atoms with Crippen LogP contribution in [0.25, 0.3) is 22.3 Å². The Morgan fingerprint density at radius 1 is 1.25 bits per heavy atom. The average molecular weight is 396 g/mol. The van der Waals surface area contributed by atoms with Gasteiger partial charge in [-0.25, -0.2) is 4.68 Å². The Balaban J connectivity index is 1.66. The maximum Gasteiger partial charge on any atom is 0.253 e. The molecule has 0 fully saturated rings. The second-order valence-electron chi connectivity index (χ2n) is 6.55. The number of aromatic nitrogens is 5. The van der Waals surface area contributed by atoms with Gasteiger partial charge in [0.15, 0.2) is 5.82 Å². The summed E-state index contributed by atoms with van der Waals surface area (Å²) < 4.78 is 1.63. The molecule has 2 N–H and O–H groups in total. The molecule has 0 aliphatic rings. The Morgan fingerprint density at radius 3 is 2.86 bits per heavy atom. The number of carbonyl (C=O) groups excluding carboxylic acids is 1. The summed E-state index contributed by atoms with van der Waals surface area (Å²) in [5.41, 5.74) is 2.90. The van der Waals surface area contributed by atoms with Gasteiger partial charge in [0.2, 0.25) is 5.95 Å². The molecule has 0 bridgehead atoms. The number of nitrogens with zero attached hydrogens (tertiary/aromatic N) is 5. The SMILES string of the molecule is CN(C)C(=O)c1cccc(-c2nc(Nc3ccc4[nH]ncc4c3Cl)n(C)n2)c1. The molecule has 0 radical (unpaired) electrons. The fourth-order valence-corrected chi connectivity index (χ4v) is 3.13. The molecule has 1 amide bonds. The van der Waals surface area contributed by atoms with Crippen LogP contribution in [0.1, 0.15) is 10.4 Å². The van der Waals surface area contributed by atoms with Gasteiger partial charge < -0.3 is 10.2 Å². The van der Waals surface area contributed by atoms with Crippen molar-refractivity contribution in [1.82, 2.24) is 29.9 Å². The first-order valence-electron chi connectivity index (χ1n) is 8.56. The number of aromatic amines is 1. The van der Waals surface area contributed by atoms with E-state index in [0.29, 0.717) is 28.0 Å². The maximum atomic E-state index is 12.2. The van der Waals surface area contributed by atoms with Crippen LogP contribution >= 0.6 is 11.6 Å². The highest BCUT2D eigenvalue weighted by Crippen LogP contribution is 2.32. The monoisotopic (exact) mass is 395 g/mol. The van der Waals surface area contributed by atoms with Crippen molar-refractivity contribution in [1.29, 1.82) is 0 Å². The third-order valence-corrected chi connectivity index (χ3v) is 4.75. The number of H-pyrrole nitrogens is 1. The van der Waals surface area contributed by atoms with Crippen LogP contribution in [0.3, 0.4) is 0 Å². The molecule has 8 nitrogen and oxygen atoms in total. The molecule has 0 aliphatic carbocycles. The van der Waals surface area contributed by atoms with E-state index in [4.69, 9.17) is 11.6 Å². The highest BCUT2D eigenvalue weighted by Gasteiger charge is 2.15. The van der Waals surface area contributed by atoms with Crippen molar-refractivity contribution in [3.63, 3.8) is 0 Å². The number of anilines is 2. The van der Waals surface area contributed by atoms with Crippen molar-refractivity contribution >= 4 is 40.0 Å². The van der Waals surface area contributed by atoms with E-state index in [1.807, 2.05) is 24.3 Å². The van der Waals surface area contributed by atoms with Crippen molar-refractivity contribution in [2.45, 2.75) is 0 Å². The summed E-state index contributed by atoms with van der Waals surface area (Å²) in [6.07, 6.45) is 1.68. The average Bonchev–Trinajstić information content (AvgIpc) is 3.31. The number of nitrogens with one attached hydrogen (secondary N) is 2. The fraction of sp³-hybridized carbons (Fsp3) is 0.158. The molecule has 0 spiro atoms. The first-order chi connectivity index (χ1) is 13.4. The standard InChI is InChI=1S/C19H18ClN7O/c1-26(2)18(28)12-6-4-5-11(9-12)17-23-19(27(3)25-17)22-15-8-7-14-13(16(15)20)10-21-24-14/h4-10H,1-3H3,(H,21,24)(H,22,23,25). The third-order valence-electron chi connectivity index (χ3n) is 4.34. The lowest BCUT2D eigenvalue weighted by atomic mass is 10.1. The van der Waals surface area contributed by atoms with E-state index < -0.39 is 0 Å². The highest BCUT2D eigenvalue weighted by atomic mass is 35.5. The van der Waals surface area contributed by atoms with Crippen molar-refractivity contribution in [3.8, 4) is 11.4 Å². The van der Waals surface area contributed by atoms with Gasteiger partial charge >= 0.3 is 0 Å². The molecule has 0 atom stereocenters. The summed E-state index contributed by atoms with van der Waals surface area (Å²) in [7, 11) is 5.23. The zero-order chi connectivity index (χ0) is 19.8. The van der Waals surface area contributed by atoms with Crippen LogP contribution in [0.15, 0.2) is 42.6 Å². The summed E-state index contributed by atoms with van der Waals surface area (Å²) in [6.45, 7) is 0. The number of aryl methyl sites for hydroxylation is 1. The van der Waals surface area contributed by atoms with E-state index in [1.165, 1.54) is 4.90 Å². The van der Waals surface area contributed by atoms with E-state index in [-0.39, 0.29) is 5.91 Å². The molecule has 2 aromatic carbocycles.